The Balaban J connectivity index is 1.54. The number of nitrogens with one attached hydrogen (secondary N) is 1. The molecule has 2 bridgehead atoms. The van der Waals surface area contributed by atoms with Crippen molar-refractivity contribution < 1.29 is 19.1 Å². The van der Waals surface area contributed by atoms with Crippen LogP contribution in [-0.2, 0) is 16.1 Å². The number of methoxy groups -OCH3 is 1. The van der Waals surface area contributed by atoms with Crippen LogP contribution in [0.5, 0.6) is 11.5 Å². The van der Waals surface area contributed by atoms with E-state index >= 15 is 0 Å². The van der Waals surface area contributed by atoms with Gasteiger partial charge in [-0.1, -0.05) is 26.3 Å². The molecule has 0 spiro atoms. The molecule has 0 unspecified atom stereocenters. The first-order valence-electron chi connectivity index (χ1n) is 10.6. The summed E-state index contributed by atoms with van der Waals surface area (Å²) in [6.45, 7) is 5.46. The van der Waals surface area contributed by atoms with Gasteiger partial charge < -0.3 is 14.8 Å². The van der Waals surface area contributed by atoms with Gasteiger partial charge in [0.25, 0.3) is 0 Å². The van der Waals surface area contributed by atoms with Gasteiger partial charge in [0.05, 0.1) is 13.7 Å². The molecule has 0 aliphatic heterocycles. The lowest BCUT2D eigenvalue weighted by molar-refractivity contribution is -0.137. The van der Waals surface area contributed by atoms with Crippen LogP contribution in [0, 0.1) is 23.7 Å². The molecule has 0 heterocycles. The Morgan fingerprint density at radius 3 is 2.54 bits per heavy atom. The fourth-order valence-corrected chi connectivity index (χ4v) is 4.37. The summed E-state index contributed by atoms with van der Waals surface area (Å²) in [7, 11) is 1.63. The van der Waals surface area contributed by atoms with Gasteiger partial charge in [0.2, 0.25) is 5.91 Å². The lowest BCUT2D eigenvalue weighted by Crippen LogP contribution is -2.42. The van der Waals surface area contributed by atoms with Crippen molar-refractivity contribution in [2.24, 2.45) is 23.7 Å². The highest BCUT2D eigenvalue weighted by Gasteiger charge is 2.41. The molecule has 1 aromatic carbocycles. The third-order valence-electron chi connectivity index (χ3n) is 6.07. The number of carbonyl (C=O) groups is 2. The monoisotopic (exact) mass is 387 g/mol. The molecule has 1 amide bonds. The SMILES string of the molecule is COc1cc(CNC(=O)C2C[C@@H]3CCC[C@@H](C2)C3=O)ccc1OCCC(C)C. The minimum absolute atomic E-state index is 0.0338. The molecule has 0 radical (unpaired) electrons. The first-order chi connectivity index (χ1) is 13.5. The highest BCUT2D eigenvalue weighted by Crippen LogP contribution is 2.40. The van der Waals surface area contributed by atoms with Crippen LogP contribution in [-0.4, -0.2) is 25.4 Å². The van der Waals surface area contributed by atoms with Crippen LogP contribution >= 0.6 is 0 Å². The summed E-state index contributed by atoms with van der Waals surface area (Å²) < 4.78 is 11.3. The van der Waals surface area contributed by atoms with Crippen molar-refractivity contribution in [3.63, 3.8) is 0 Å². The summed E-state index contributed by atoms with van der Waals surface area (Å²) in [5.41, 5.74) is 0.980. The quantitative estimate of drug-likeness (QED) is 0.728. The summed E-state index contributed by atoms with van der Waals surface area (Å²) in [5.74, 6) is 2.65. The molecule has 2 atom stereocenters. The second-order valence-corrected chi connectivity index (χ2v) is 8.63. The van der Waals surface area contributed by atoms with E-state index in [9.17, 15) is 9.59 Å². The van der Waals surface area contributed by atoms with Gasteiger partial charge in [0, 0.05) is 24.3 Å². The van der Waals surface area contributed by atoms with Crippen molar-refractivity contribution in [1.82, 2.24) is 5.32 Å². The fraction of sp³-hybridized carbons (Fsp3) is 0.652. The maximum atomic E-state index is 12.7. The smallest absolute Gasteiger partial charge is 0.223 e. The number of rotatable bonds is 8. The van der Waals surface area contributed by atoms with E-state index < -0.39 is 0 Å². The lowest BCUT2D eigenvalue weighted by Gasteiger charge is -2.36. The van der Waals surface area contributed by atoms with Gasteiger partial charge >= 0.3 is 0 Å². The molecule has 2 aliphatic rings. The van der Waals surface area contributed by atoms with Gasteiger partial charge in [0.1, 0.15) is 5.78 Å². The number of hydrogen-bond acceptors (Lipinski definition) is 4. The highest BCUT2D eigenvalue weighted by molar-refractivity contribution is 5.88. The molecule has 1 N–H and O–H groups in total. The average molecular weight is 388 g/mol. The summed E-state index contributed by atoms with van der Waals surface area (Å²) >= 11 is 0. The number of ketones is 1. The van der Waals surface area contributed by atoms with Crippen molar-refractivity contribution in [2.75, 3.05) is 13.7 Å². The van der Waals surface area contributed by atoms with Crippen LogP contribution in [0.2, 0.25) is 0 Å². The summed E-state index contributed by atoms with van der Waals surface area (Å²) in [5, 5.41) is 3.06. The van der Waals surface area contributed by atoms with Crippen LogP contribution in [0.1, 0.15) is 57.9 Å². The van der Waals surface area contributed by atoms with E-state index in [0.717, 1.165) is 37.0 Å². The summed E-state index contributed by atoms with van der Waals surface area (Å²) in [4.78, 5) is 24.9. The summed E-state index contributed by atoms with van der Waals surface area (Å²) in [6, 6.07) is 5.79. The molecule has 0 saturated heterocycles. The molecule has 2 aliphatic carbocycles. The van der Waals surface area contributed by atoms with Crippen molar-refractivity contribution in [3.8, 4) is 11.5 Å². The van der Waals surface area contributed by atoms with Gasteiger partial charge in [-0.3, -0.25) is 9.59 Å². The normalized spacial score (nSPS) is 24.1. The molecular formula is C23H33NO4. The zero-order chi connectivity index (χ0) is 20.1. The number of ether oxygens (including phenoxy) is 2. The molecule has 3 rings (SSSR count). The Kier molecular flexibility index (Phi) is 6.97. The number of benzene rings is 1. The van der Waals surface area contributed by atoms with E-state index in [2.05, 4.69) is 19.2 Å². The second-order valence-electron chi connectivity index (χ2n) is 8.63. The number of amides is 1. The van der Waals surface area contributed by atoms with Gasteiger partial charge in [-0.25, -0.2) is 0 Å². The van der Waals surface area contributed by atoms with Gasteiger partial charge in [-0.05, 0) is 55.7 Å². The standard InChI is InChI=1S/C23H33NO4/c1-15(2)9-10-28-20-8-7-16(11-21(20)27-3)14-24-23(26)19-12-17-5-4-6-18(13-19)22(17)25/h7-8,11,15,17-19H,4-6,9-10,12-14H2,1-3H3,(H,24,26)/t17-,18-/m0/s1. The van der Waals surface area contributed by atoms with E-state index in [1.54, 1.807) is 7.11 Å². The topological polar surface area (TPSA) is 64.6 Å². The van der Waals surface area contributed by atoms with E-state index in [1.807, 2.05) is 18.2 Å². The van der Waals surface area contributed by atoms with E-state index in [1.165, 1.54) is 0 Å². The summed E-state index contributed by atoms with van der Waals surface area (Å²) in [6.07, 6.45) is 5.46. The van der Waals surface area contributed by atoms with E-state index in [-0.39, 0.29) is 23.7 Å². The van der Waals surface area contributed by atoms with Crippen LogP contribution in [0.25, 0.3) is 0 Å². The fourth-order valence-electron chi connectivity index (χ4n) is 4.37. The Bertz CT molecular complexity index is 684. The van der Waals surface area contributed by atoms with E-state index in [4.69, 9.17) is 9.47 Å². The molecular weight excluding hydrogens is 354 g/mol. The van der Waals surface area contributed by atoms with Gasteiger partial charge in [0.15, 0.2) is 11.5 Å². The van der Waals surface area contributed by atoms with Crippen LogP contribution < -0.4 is 14.8 Å². The van der Waals surface area contributed by atoms with Crippen LogP contribution in [0.4, 0.5) is 0 Å². The zero-order valence-corrected chi connectivity index (χ0v) is 17.3. The Morgan fingerprint density at radius 2 is 1.89 bits per heavy atom. The number of carbonyl (C=O) groups excluding carboxylic acids is 2. The molecule has 1 aromatic rings. The van der Waals surface area contributed by atoms with Crippen molar-refractivity contribution in [2.45, 2.75) is 58.9 Å². The van der Waals surface area contributed by atoms with Crippen molar-refractivity contribution in [3.05, 3.63) is 23.8 Å². The molecule has 154 valence electrons. The van der Waals surface area contributed by atoms with Crippen LogP contribution in [0.15, 0.2) is 18.2 Å². The van der Waals surface area contributed by atoms with Crippen molar-refractivity contribution in [1.29, 1.82) is 0 Å². The number of Topliss-reactive ketones (excluding diaryl/α,β-unsaturated/α-hetero) is 1. The second kappa shape index (κ2) is 9.44. The maximum absolute atomic E-state index is 12.7. The zero-order valence-electron chi connectivity index (χ0n) is 17.3. The average Bonchev–Trinajstić information content (AvgIpc) is 2.66. The minimum Gasteiger partial charge on any atom is -0.493 e. The third-order valence-corrected chi connectivity index (χ3v) is 6.07. The Labute approximate surface area is 168 Å². The molecule has 0 aromatic heterocycles. The molecule has 2 saturated carbocycles. The largest absolute Gasteiger partial charge is 0.493 e. The third kappa shape index (κ3) is 5.06. The predicted octanol–water partition coefficient (Wildman–Crippen LogP) is 4.13. The number of hydrogen-bond donors (Lipinski definition) is 1. The number of fused-ring (bicyclic) bond motifs is 2. The van der Waals surface area contributed by atoms with E-state index in [0.29, 0.717) is 43.4 Å². The first-order valence-corrected chi connectivity index (χ1v) is 10.6. The lowest BCUT2D eigenvalue weighted by atomic mass is 9.67. The predicted molar refractivity (Wildman–Crippen MR) is 108 cm³/mol. The molecule has 28 heavy (non-hydrogen) atoms. The van der Waals surface area contributed by atoms with Crippen LogP contribution in [0.3, 0.4) is 0 Å². The molecule has 5 heteroatoms. The minimum atomic E-state index is -0.0338. The first kappa shape index (κ1) is 20.7. The van der Waals surface area contributed by atoms with Gasteiger partial charge in [-0.2, -0.15) is 0 Å². The maximum Gasteiger partial charge on any atom is 0.223 e. The van der Waals surface area contributed by atoms with Crippen molar-refractivity contribution >= 4 is 11.7 Å². The highest BCUT2D eigenvalue weighted by atomic mass is 16.5. The molecule has 5 nitrogen and oxygen atoms in total. The Morgan fingerprint density at radius 1 is 1.18 bits per heavy atom. The molecule has 2 fully saturated rings. The Hall–Kier alpha value is -2.04. The van der Waals surface area contributed by atoms with Gasteiger partial charge in [-0.15, -0.1) is 0 Å².